The molecule has 0 bridgehead atoms. The van der Waals surface area contributed by atoms with E-state index in [-0.39, 0.29) is 17.9 Å². The van der Waals surface area contributed by atoms with Gasteiger partial charge in [0.2, 0.25) is 5.91 Å². The number of likely N-dealkylation sites (tertiary alicyclic amines) is 1. The molecule has 1 rings (SSSR count). The Bertz CT molecular complexity index is 273. The van der Waals surface area contributed by atoms with Crippen molar-refractivity contribution in [2.45, 2.75) is 38.8 Å². The predicted molar refractivity (Wildman–Crippen MR) is 79.0 cm³/mol. The summed E-state index contributed by atoms with van der Waals surface area (Å²) in [5.74, 6) is 0.161. The van der Waals surface area contributed by atoms with E-state index in [1.807, 2.05) is 13.8 Å². The lowest BCUT2D eigenvalue weighted by atomic mass is 10.0. The van der Waals surface area contributed by atoms with Crippen LogP contribution in [0.25, 0.3) is 0 Å². The van der Waals surface area contributed by atoms with Crippen LogP contribution in [0.3, 0.4) is 0 Å². The third-order valence-electron chi connectivity index (χ3n) is 4.04. The Labute approximate surface area is 117 Å². The number of nitrogens with two attached hydrogens (primary N) is 1. The molecule has 5 nitrogen and oxygen atoms in total. The van der Waals surface area contributed by atoms with Gasteiger partial charge < -0.3 is 20.9 Å². The normalized spacial score (nSPS) is 19.9. The summed E-state index contributed by atoms with van der Waals surface area (Å²) in [6, 6.07) is 0.319. The molecule has 0 aliphatic carbocycles. The van der Waals surface area contributed by atoms with Crippen LogP contribution in [0.2, 0.25) is 0 Å². The van der Waals surface area contributed by atoms with Crippen LogP contribution >= 0.6 is 0 Å². The molecule has 1 fully saturated rings. The predicted octanol–water partition coefficient (Wildman–Crippen LogP) is 0.112. The molecule has 1 atom stereocenters. The fourth-order valence-electron chi connectivity index (χ4n) is 2.42. The number of nitrogens with zero attached hydrogens (tertiary/aromatic N) is 2. The Hall–Kier alpha value is -0.650. The number of carbonyl (C=O) groups is 1. The second-order valence-corrected chi connectivity index (χ2v) is 6.10. The first kappa shape index (κ1) is 16.4. The van der Waals surface area contributed by atoms with Crippen LogP contribution in [0.15, 0.2) is 0 Å². The highest BCUT2D eigenvalue weighted by Crippen LogP contribution is 2.13. The monoisotopic (exact) mass is 270 g/mol. The zero-order valence-corrected chi connectivity index (χ0v) is 12.9. The molecule has 1 aliphatic heterocycles. The third kappa shape index (κ3) is 5.47. The SMILES string of the molecule is CC(C)[C@H](N)C(=O)NCCN1CCC(N(C)C)CC1. The highest BCUT2D eigenvalue weighted by Gasteiger charge is 2.21. The van der Waals surface area contributed by atoms with Gasteiger partial charge in [0.1, 0.15) is 0 Å². The Morgan fingerprint density at radius 3 is 2.42 bits per heavy atom. The fraction of sp³-hybridized carbons (Fsp3) is 0.929. The van der Waals surface area contributed by atoms with E-state index < -0.39 is 0 Å². The van der Waals surface area contributed by atoms with Crippen LogP contribution in [-0.4, -0.2) is 68.1 Å². The van der Waals surface area contributed by atoms with Gasteiger partial charge >= 0.3 is 0 Å². The van der Waals surface area contributed by atoms with Crippen molar-refractivity contribution in [3.63, 3.8) is 0 Å². The summed E-state index contributed by atoms with van der Waals surface area (Å²) < 4.78 is 0. The number of piperidine rings is 1. The van der Waals surface area contributed by atoms with E-state index in [9.17, 15) is 4.79 Å². The van der Waals surface area contributed by atoms with E-state index in [2.05, 4.69) is 29.2 Å². The van der Waals surface area contributed by atoms with Crippen molar-refractivity contribution in [1.29, 1.82) is 0 Å². The number of carbonyl (C=O) groups excluding carboxylic acids is 1. The molecule has 1 saturated heterocycles. The molecule has 0 radical (unpaired) electrons. The molecule has 0 aromatic rings. The van der Waals surface area contributed by atoms with Gasteiger partial charge in [-0.3, -0.25) is 4.79 Å². The van der Waals surface area contributed by atoms with E-state index >= 15 is 0 Å². The van der Waals surface area contributed by atoms with E-state index in [0.29, 0.717) is 12.6 Å². The number of nitrogens with one attached hydrogen (secondary N) is 1. The van der Waals surface area contributed by atoms with Crippen molar-refractivity contribution < 1.29 is 4.79 Å². The van der Waals surface area contributed by atoms with Gasteiger partial charge in [0, 0.05) is 19.1 Å². The van der Waals surface area contributed by atoms with Crippen molar-refractivity contribution in [3.05, 3.63) is 0 Å². The maximum absolute atomic E-state index is 11.7. The van der Waals surface area contributed by atoms with E-state index in [1.165, 1.54) is 12.8 Å². The molecule has 19 heavy (non-hydrogen) atoms. The first-order valence-electron chi connectivity index (χ1n) is 7.34. The van der Waals surface area contributed by atoms with Crippen molar-refractivity contribution in [2.24, 2.45) is 11.7 Å². The maximum atomic E-state index is 11.7. The van der Waals surface area contributed by atoms with Gasteiger partial charge in [0.25, 0.3) is 0 Å². The van der Waals surface area contributed by atoms with Crippen LogP contribution < -0.4 is 11.1 Å². The summed E-state index contributed by atoms with van der Waals surface area (Å²) in [5.41, 5.74) is 5.80. The lowest BCUT2D eigenvalue weighted by molar-refractivity contribution is -0.123. The van der Waals surface area contributed by atoms with Gasteiger partial charge in [0.05, 0.1) is 6.04 Å². The topological polar surface area (TPSA) is 61.6 Å². The Kier molecular flexibility index (Phi) is 6.75. The molecule has 0 aromatic carbocycles. The van der Waals surface area contributed by atoms with Gasteiger partial charge in [-0.1, -0.05) is 13.8 Å². The van der Waals surface area contributed by atoms with Crippen LogP contribution in [0.1, 0.15) is 26.7 Å². The number of hydrogen-bond donors (Lipinski definition) is 2. The molecule has 1 aliphatic rings. The molecular weight excluding hydrogens is 240 g/mol. The summed E-state index contributed by atoms with van der Waals surface area (Å²) in [5, 5.41) is 2.93. The minimum Gasteiger partial charge on any atom is -0.353 e. The standard InChI is InChI=1S/C14H30N4O/c1-11(2)13(15)14(19)16-7-10-18-8-5-12(6-9-18)17(3)4/h11-13H,5-10,15H2,1-4H3,(H,16,19)/t13-/m0/s1. The molecule has 0 unspecified atom stereocenters. The van der Waals surface area contributed by atoms with Gasteiger partial charge in [-0.2, -0.15) is 0 Å². The molecule has 1 amide bonds. The fourth-order valence-corrected chi connectivity index (χ4v) is 2.42. The smallest absolute Gasteiger partial charge is 0.237 e. The third-order valence-corrected chi connectivity index (χ3v) is 4.04. The van der Waals surface area contributed by atoms with Gasteiger partial charge in [0.15, 0.2) is 0 Å². The minimum atomic E-state index is -0.389. The van der Waals surface area contributed by atoms with E-state index in [0.717, 1.165) is 19.6 Å². The van der Waals surface area contributed by atoms with Gasteiger partial charge in [-0.15, -0.1) is 0 Å². The van der Waals surface area contributed by atoms with Crippen LogP contribution in [-0.2, 0) is 4.79 Å². The average Bonchev–Trinajstić information content (AvgIpc) is 2.38. The highest BCUT2D eigenvalue weighted by atomic mass is 16.2. The van der Waals surface area contributed by atoms with Crippen molar-refractivity contribution in [2.75, 3.05) is 40.3 Å². The van der Waals surface area contributed by atoms with Crippen molar-refractivity contribution in [3.8, 4) is 0 Å². The maximum Gasteiger partial charge on any atom is 0.237 e. The van der Waals surface area contributed by atoms with Gasteiger partial charge in [-0.25, -0.2) is 0 Å². The highest BCUT2D eigenvalue weighted by molar-refractivity contribution is 5.81. The molecule has 0 aromatic heterocycles. The molecule has 112 valence electrons. The minimum absolute atomic E-state index is 0.0295. The lowest BCUT2D eigenvalue weighted by Gasteiger charge is -2.35. The summed E-state index contributed by atoms with van der Waals surface area (Å²) in [4.78, 5) is 16.4. The molecule has 3 N–H and O–H groups in total. The number of hydrogen-bond acceptors (Lipinski definition) is 4. The van der Waals surface area contributed by atoms with Crippen molar-refractivity contribution in [1.82, 2.24) is 15.1 Å². The Balaban J connectivity index is 2.16. The molecule has 0 spiro atoms. The molecule has 1 heterocycles. The quantitative estimate of drug-likeness (QED) is 0.719. The van der Waals surface area contributed by atoms with Crippen LogP contribution in [0.4, 0.5) is 0 Å². The Morgan fingerprint density at radius 2 is 1.95 bits per heavy atom. The summed E-state index contributed by atoms with van der Waals surface area (Å²) in [7, 11) is 4.29. The van der Waals surface area contributed by atoms with Crippen molar-refractivity contribution >= 4 is 5.91 Å². The van der Waals surface area contributed by atoms with Crippen LogP contribution in [0.5, 0.6) is 0 Å². The molecule has 5 heteroatoms. The second-order valence-electron chi connectivity index (χ2n) is 6.10. The first-order valence-corrected chi connectivity index (χ1v) is 7.34. The number of amides is 1. The first-order chi connectivity index (χ1) is 8.91. The van der Waals surface area contributed by atoms with Crippen LogP contribution in [0, 0.1) is 5.92 Å². The second kappa shape index (κ2) is 7.82. The Morgan fingerprint density at radius 1 is 1.37 bits per heavy atom. The summed E-state index contributed by atoms with van der Waals surface area (Å²) in [6.07, 6.45) is 2.43. The zero-order chi connectivity index (χ0) is 14.4. The summed E-state index contributed by atoms with van der Waals surface area (Å²) >= 11 is 0. The zero-order valence-electron chi connectivity index (χ0n) is 12.9. The van der Waals surface area contributed by atoms with Gasteiger partial charge in [-0.05, 0) is 45.9 Å². The molecule has 0 saturated carbocycles. The molecular formula is C14H30N4O. The summed E-state index contributed by atoms with van der Waals surface area (Å²) in [6.45, 7) is 7.80. The van der Waals surface area contributed by atoms with E-state index in [4.69, 9.17) is 5.73 Å². The lowest BCUT2D eigenvalue weighted by Crippen LogP contribution is -2.48. The van der Waals surface area contributed by atoms with E-state index in [1.54, 1.807) is 0 Å². The average molecular weight is 270 g/mol. The largest absolute Gasteiger partial charge is 0.353 e. The number of rotatable bonds is 6.